The molecular weight excluding hydrogens is 244 g/mol. The molecule has 1 aromatic carbocycles. The highest BCUT2D eigenvalue weighted by Crippen LogP contribution is 2.22. The molecule has 0 aliphatic heterocycles. The molecule has 0 aliphatic carbocycles. The number of carbonyl (C=O) groups excluding carboxylic acids is 1. The van der Waals surface area contributed by atoms with E-state index in [0.717, 1.165) is 0 Å². The van der Waals surface area contributed by atoms with Crippen LogP contribution in [0.15, 0.2) is 29.8 Å². The van der Waals surface area contributed by atoms with E-state index in [0.29, 0.717) is 5.56 Å². The number of Topliss-reactive ketones (excluding diaryl/α,β-unsaturated/α-hetero) is 1. The van der Waals surface area contributed by atoms with Gasteiger partial charge in [-0.15, -0.1) is 0 Å². The van der Waals surface area contributed by atoms with Crippen molar-refractivity contribution in [3.05, 3.63) is 45.5 Å². The van der Waals surface area contributed by atoms with Crippen molar-refractivity contribution in [1.82, 2.24) is 0 Å². The average Bonchev–Trinajstić information content (AvgIpc) is 2.34. The molecule has 0 unspecified atom stereocenters. The monoisotopic (exact) mass is 258 g/mol. The van der Waals surface area contributed by atoms with Gasteiger partial charge in [0.15, 0.2) is 5.78 Å². The maximum absolute atomic E-state index is 12.0. The molecule has 0 atom stereocenters. The van der Waals surface area contributed by atoms with Gasteiger partial charge in [0.25, 0.3) is 5.69 Å². The third-order valence-corrected chi connectivity index (χ3v) is 2.44. The van der Waals surface area contributed by atoms with Crippen LogP contribution in [0, 0.1) is 26.9 Å². The molecule has 0 saturated carbocycles. The molecule has 0 saturated heterocycles. The SMILES string of the molecule is CC(C)(C)C(=O)/C(C#N)=C/c1cccc([N+](=O)[O-])c1. The van der Waals surface area contributed by atoms with Crippen LogP contribution in [-0.4, -0.2) is 10.7 Å². The first-order chi connectivity index (χ1) is 8.75. The van der Waals surface area contributed by atoms with E-state index in [1.54, 1.807) is 26.8 Å². The molecule has 0 amide bonds. The van der Waals surface area contributed by atoms with Crippen molar-refractivity contribution in [2.75, 3.05) is 0 Å². The standard InChI is InChI=1S/C14H14N2O3/c1-14(2,3)13(17)11(9-15)7-10-5-4-6-12(8-10)16(18)19/h4-8H,1-3H3/b11-7+. The molecule has 0 heterocycles. The number of ketones is 1. The van der Waals surface area contributed by atoms with E-state index >= 15 is 0 Å². The summed E-state index contributed by atoms with van der Waals surface area (Å²) in [5.41, 5.74) is -0.284. The molecule has 0 fully saturated rings. The van der Waals surface area contributed by atoms with Gasteiger partial charge in [0.05, 0.1) is 10.5 Å². The Balaban J connectivity index is 3.20. The van der Waals surface area contributed by atoms with Gasteiger partial charge in [-0.2, -0.15) is 5.26 Å². The van der Waals surface area contributed by atoms with Crippen LogP contribution in [0.4, 0.5) is 5.69 Å². The normalized spacial score (nSPS) is 11.8. The van der Waals surface area contributed by atoms with E-state index in [-0.39, 0.29) is 17.0 Å². The van der Waals surface area contributed by atoms with Crippen LogP contribution >= 0.6 is 0 Å². The van der Waals surface area contributed by atoms with E-state index in [1.807, 2.05) is 6.07 Å². The zero-order valence-electron chi connectivity index (χ0n) is 11.0. The van der Waals surface area contributed by atoms with Crippen molar-refractivity contribution in [3.63, 3.8) is 0 Å². The van der Waals surface area contributed by atoms with Gasteiger partial charge in [0.1, 0.15) is 6.07 Å². The largest absolute Gasteiger partial charge is 0.293 e. The molecule has 0 spiro atoms. The van der Waals surface area contributed by atoms with Crippen molar-refractivity contribution in [3.8, 4) is 6.07 Å². The van der Waals surface area contributed by atoms with Crippen molar-refractivity contribution in [2.24, 2.45) is 5.41 Å². The first kappa shape index (κ1) is 14.6. The number of hydrogen-bond donors (Lipinski definition) is 0. The summed E-state index contributed by atoms with van der Waals surface area (Å²) in [6.45, 7) is 5.15. The maximum Gasteiger partial charge on any atom is 0.270 e. The quantitative estimate of drug-likeness (QED) is 0.361. The molecule has 19 heavy (non-hydrogen) atoms. The van der Waals surface area contributed by atoms with Crippen molar-refractivity contribution >= 4 is 17.5 Å². The molecular formula is C14H14N2O3. The minimum absolute atomic E-state index is 0.00648. The number of hydrogen-bond acceptors (Lipinski definition) is 4. The lowest BCUT2D eigenvalue weighted by Crippen LogP contribution is -2.21. The van der Waals surface area contributed by atoms with Gasteiger partial charge >= 0.3 is 0 Å². The molecule has 98 valence electrons. The molecule has 0 bridgehead atoms. The number of nitro groups is 1. The number of nitrogens with zero attached hydrogens (tertiary/aromatic N) is 2. The first-order valence-electron chi connectivity index (χ1n) is 5.67. The molecule has 0 N–H and O–H groups in total. The number of nitriles is 1. The third kappa shape index (κ3) is 3.75. The number of nitro benzene ring substituents is 1. The Bertz CT molecular complexity index is 589. The lowest BCUT2D eigenvalue weighted by Gasteiger charge is -2.15. The zero-order valence-corrected chi connectivity index (χ0v) is 11.0. The van der Waals surface area contributed by atoms with Crippen LogP contribution in [0.1, 0.15) is 26.3 Å². The first-order valence-corrected chi connectivity index (χ1v) is 5.67. The summed E-state index contributed by atoms with van der Waals surface area (Å²) in [7, 11) is 0. The number of benzene rings is 1. The Morgan fingerprint density at radius 3 is 2.53 bits per heavy atom. The van der Waals surface area contributed by atoms with Gasteiger partial charge < -0.3 is 0 Å². The Morgan fingerprint density at radius 2 is 2.05 bits per heavy atom. The lowest BCUT2D eigenvalue weighted by atomic mass is 9.86. The van der Waals surface area contributed by atoms with E-state index in [4.69, 9.17) is 5.26 Å². The van der Waals surface area contributed by atoms with Crippen molar-refractivity contribution in [1.29, 1.82) is 5.26 Å². The second-order valence-electron chi connectivity index (χ2n) is 5.10. The predicted octanol–water partition coefficient (Wildman–Crippen LogP) is 3.12. The summed E-state index contributed by atoms with van der Waals surface area (Å²) in [4.78, 5) is 22.1. The molecule has 5 nitrogen and oxygen atoms in total. The van der Waals surface area contributed by atoms with Crippen LogP contribution in [0.5, 0.6) is 0 Å². The second kappa shape index (κ2) is 5.44. The van der Waals surface area contributed by atoms with Crippen LogP contribution in [0.3, 0.4) is 0 Å². The minimum atomic E-state index is -0.664. The molecule has 1 rings (SSSR count). The van der Waals surface area contributed by atoms with Crippen LogP contribution in [0.2, 0.25) is 0 Å². The highest BCUT2D eigenvalue weighted by molar-refractivity contribution is 6.06. The van der Waals surface area contributed by atoms with Crippen LogP contribution < -0.4 is 0 Å². The summed E-state index contributed by atoms with van der Waals surface area (Å²) in [5.74, 6) is -0.290. The van der Waals surface area contributed by atoms with E-state index in [1.165, 1.54) is 24.3 Å². The summed E-state index contributed by atoms with van der Waals surface area (Å²) in [5, 5.41) is 19.7. The molecule has 0 radical (unpaired) electrons. The summed E-state index contributed by atoms with van der Waals surface area (Å²) < 4.78 is 0. The van der Waals surface area contributed by atoms with Crippen molar-refractivity contribution < 1.29 is 9.72 Å². The molecule has 0 aromatic heterocycles. The highest BCUT2D eigenvalue weighted by atomic mass is 16.6. The summed E-state index contributed by atoms with van der Waals surface area (Å²) >= 11 is 0. The van der Waals surface area contributed by atoms with Crippen LogP contribution in [0.25, 0.3) is 6.08 Å². The number of non-ortho nitro benzene ring substituents is 1. The average molecular weight is 258 g/mol. The van der Waals surface area contributed by atoms with Gasteiger partial charge in [-0.25, -0.2) is 0 Å². The van der Waals surface area contributed by atoms with Gasteiger partial charge in [-0.05, 0) is 11.6 Å². The molecule has 0 aliphatic rings. The fraction of sp³-hybridized carbons (Fsp3) is 0.286. The van der Waals surface area contributed by atoms with Crippen LogP contribution in [-0.2, 0) is 4.79 Å². The van der Waals surface area contributed by atoms with Gasteiger partial charge in [0.2, 0.25) is 0 Å². The van der Waals surface area contributed by atoms with E-state index in [2.05, 4.69) is 0 Å². The van der Waals surface area contributed by atoms with E-state index in [9.17, 15) is 14.9 Å². The summed E-state index contributed by atoms with van der Waals surface area (Å²) in [6.07, 6.45) is 1.38. The van der Waals surface area contributed by atoms with Gasteiger partial charge in [-0.1, -0.05) is 32.9 Å². The maximum atomic E-state index is 12.0. The Labute approximate surface area is 111 Å². The predicted molar refractivity (Wildman–Crippen MR) is 71.1 cm³/mol. The number of rotatable bonds is 3. The molecule has 1 aromatic rings. The van der Waals surface area contributed by atoms with E-state index < -0.39 is 10.3 Å². The smallest absolute Gasteiger partial charge is 0.270 e. The van der Waals surface area contributed by atoms with Crippen molar-refractivity contribution in [2.45, 2.75) is 20.8 Å². The fourth-order valence-electron chi connectivity index (χ4n) is 1.45. The van der Waals surface area contributed by atoms with Gasteiger partial charge in [0, 0.05) is 17.5 Å². The van der Waals surface area contributed by atoms with Gasteiger partial charge in [-0.3, -0.25) is 14.9 Å². The fourth-order valence-corrected chi connectivity index (χ4v) is 1.45. The Morgan fingerprint density at radius 1 is 1.42 bits per heavy atom. The Hall–Kier alpha value is -2.48. The number of carbonyl (C=O) groups is 1. The number of allylic oxidation sites excluding steroid dienone is 1. The minimum Gasteiger partial charge on any atom is -0.293 e. The summed E-state index contributed by atoms with van der Waals surface area (Å²) in [6, 6.07) is 7.66. The second-order valence-corrected chi connectivity index (χ2v) is 5.10. The Kier molecular flexibility index (Phi) is 4.18. The zero-order chi connectivity index (χ0) is 14.6. The lowest BCUT2D eigenvalue weighted by molar-refractivity contribution is -0.384. The topological polar surface area (TPSA) is 84.0 Å². The third-order valence-electron chi connectivity index (χ3n) is 2.44. The highest BCUT2D eigenvalue weighted by Gasteiger charge is 2.25. The molecule has 5 heteroatoms.